The summed E-state index contributed by atoms with van der Waals surface area (Å²) < 4.78 is 0. The number of carbonyl (C=O) groups is 1. The van der Waals surface area contributed by atoms with Crippen molar-refractivity contribution >= 4 is 17.2 Å². The zero-order valence-corrected chi connectivity index (χ0v) is 13.3. The van der Waals surface area contributed by atoms with Gasteiger partial charge in [0.2, 0.25) is 5.91 Å². The van der Waals surface area contributed by atoms with E-state index in [1.165, 1.54) is 37.8 Å². The first kappa shape index (κ1) is 15.4. The third kappa shape index (κ3) is 4.28. The molecule has 20 heavy (non-hydrogen) atoms. The summed E-state index contributed by atoms with van der Waals surface area (Å²) in [6.45, 7) is 4.04. The maximum Gasteiger partial charge on any atom is 0.239 e. The van der Waals surface area contributed by atoms with Gasteiger partial charge in [-0.05, 0) is 26.7 Å². The normalized spacial score (nSPS) is 17.1. The Kier molecular flexibility index (Phi) is 5.16. The SMILES string of the molecule is CC(C)(N)C(=O)NCCc1nc(C2CCCCC2)cs1. The highest BCUT2D eigenvalue weighted by atomic mass is 32.1. The third-order valence-electron chi connectivity index (χ3n) is 3.80. The molecule has 1 aromatic heterocycles. The fourth-order valence-corrected chi connectivity index (χ4v) is 3.42. The molecule has 0 bridgehead atoms. The molecule has 1 heterocycles. The molecule has 0 aliphatic heterocycles. The third-order valence-corrected chi connectivity index (χ3v) is 4.73. The van der Waals surface area contributed by atoms with Gasteiger partial charge in [-0.3, -0.25) is 4.79 Å². The molecule has 1 aliphatic carbocycles. The maximum absolute atomic E-state index is 11.7. The fraction of sp³-hybridized carbons (Fsp3) is 0.733. The topological polar surface area (TPSA) is 68.0 Å². The second kappa shape index (κ2) is 6.68. The van der Waals surface area contributed by atoms with Crippen LogP contribution in [0.15, 0.2) is 5.38 Å². The summed E-state index contributed by atoms with van der Waals surface area (Å²) >= 11 is 1.71. The van der Waals surface area contributed by atoms with Crippen LogP contribution in [0, 0.1) is 0 Å². The monoisotopic (exact) mass is 295 g/mol. The number of nitrogens with zero attached hydrogens (tertiary/aromatic N) is 1. The van der Waals surface area contributed by atoms with Gasteiger partial charge in [0, 0.05) is 24.3 Å². The van der Waals surface area contributed by atoms with Crippen LogP contribution in [-0.2, 0) is 11.2 Å². The van der Waals surface area contributed by atoms with Crippen molar-refractivity contribution in [2.75, 3.05) is 6.54 Å². The molecule has 5 heteroatoms. The van der Waals surface area contributed by atoms with Gasteiger partial charge < -0.3 is 11.1 Å². The van der Waals surface area contributed by atoms with Gasteiger partial charge >= 0.3 is 0 Å². The van der Waals surface area contributed by atoms with Crippen LogP contribution in [0.3, 0.4) is 0 Å². The molecule has 0 radical (unpaired) electrons. The van der Waals surface area contributed by atoms with Crippen LogP contribution in [0.1, 0.15) is 62.6 Å². The Morgan fingerprint density at radius 2 is 2.15 bits per heavy atom. The van der Waals surface area contributed by atoms with Crippen LogP contribution in [0.4, 0.5) is 0 Å². The standard InChI is InChI=1S/C15H25N3OS/c1-15(2,16)14(19)17-9-8-13-18-12(10-20-13)11-6-4-3-5-7-11/h10-11H,3-9,16H2,1-2H3,(H,17,19). The van der Waals surface area contributed by atoms with E-state index in [1.807, 2.05) is 0 Å². The van der Waals surface area contributed by atoms with Crippen LogP contribution < -0.4 is 11.1 Å². The van der Waals surface area contributed by atoms with Crippen molar-refractivity contribution in [1.29, 1.82) is 0 Å². The number of aromatic nitrogens is 1. The van der Waals surface area contributed by atoms with Gasteiger partial charge in [0.1, 0.15) is 0 Å². The summed E-state index contributed by atoms with van der Waals surface area (Å²) in [5.41, 5.74) is 6.19. The summed E-state index contributed by atoms with van der Waals surface area (Å²) in [6, 6.07) is 0. The van der Waals surface area contributed by atoms with E-state index in [0.29, 0.717) is 12.5 Å². The van der Waals surface area contributed by atoms with Crippen molar-refractivity contribution in [3.63, 3.8) is 0 Å². The molecule has 0 saturated heterocycles. The molecule has 0 aromatic carbocycles. The van der Waals surface area contributed by atoms with Crippen molar-refractivity contribution in [1.82, 2.24) is 10.3 Å². The molecule has 4 nitrogen and oxygen atoms in total. The van der Waals surface area contributed by atoms with Crippen LogP contribution in [0.25, 0.3) is 0 Å². The van der Waals surface area contributed by atoms with Gasteiger partial charge in [-0.2, -0.15) is 0 Å². The van der Waals surface area contributed by atoms with E-state index in [-0.39, 0.29) is 5.91 Å². The lowest BCUT2D eigenvalue weighted by Gasteiger charge is -2.19. The number of hydrogen-bond donors (Lipinski definition) is 2. The van der Waals surface area contributed by atoms with E-state index in [2.05, 4.69) is 10.7 Å². The van der Waals surface area contributed by atoms with Crippen molar-refractivity contribution in [3.05, 3.63) is 16.1 Å². The van der Waals surface area contributed by atoms with Crippen molar-refractivity contribution in [3.8, 4) is 0 Å². The molecule has 1 saturated carbocycles. The van der Waals surface area contributed by atoms with E-state index in [4.69, 9.17) is 10.7 Å². The van der Waals surface area contributed by atoms with Crippen LogP contribution in [0.5, 0.6) is 0 Å². The van der Waals surface area contributed by atoms with E-state index < -0.39 is 5.54 Å². The predicted molar refractivity (Wildman–Crippen MR) is 82.9 cm³/mol. The molecular formula is C15H25N3OS. The molecule has 1 fully saturated rings. The highest BCUT2D eigenvalue weighted by molar-refractivity contribution is 7.09. The largest absolute Gasteiger partial charge is 0.354 e. The second-order valence-electron chi connectivity index (χ2n) is 6.23. The summed E-state index contributed by atoms with van der Waals surface area (Å²) in [5, 5.41) is 6.17. The number of nitrogens with two attached hydrogens (primary N) is 1. The molecule has 1 aromatic rings. The molecule has 3 N–H and O–H groups in total. The number of amides is 1. The molecule has 0 atom stereocenters. The first-order chi connectivity index (χ1) is 9.47. The van der Waals surface area contributed by atoms with Gasteiger partial charge in [-0.1, -0.05) is 19.3 Å². The number of nitrogens with one attached hydrogen (secondary N) is 1. The average molecular weight is 295 g/mol. The van der Waals surface area contributed by atoms with E-state index >= 15 is 0 Å². The Balaban J connectivity index is 1.79. The number of thiazole rings is 1. The zero-order valence-electron chi connectivity index (χ0n) is 12.4. The van der Waals surface area contributed by atoms with Crippen molar-refractivity contribution < 1.29 is 4.79 Å². The number of carbonyl (C=O) groups excluding carboxylic acids is 1. The van der Waals surface area contributed by atoms with Gasteiger partial charge in [0.15, 0.2) is 0 Å². The fourth-order valence-electron chi connectivity index (χ4n) is 2.54. The Bertz CT molecular complexity index is 444. The lowest BCUT2D eigenvalue weighted by molar-refractivity contribution is -0.125. The molecule has 1 aliphatic rings. The Hall–Kier alpha value is -0.940. The maximum atomic E-state index is 11.7. The lowest BCUT2D eigenvalue weighted by atomic mass is 9.87. The Morgan fingerprint density at radius 3 is 2.80 bits per heavy atom. The first-order valence-electron chi connectivity index (χ1n) is 7.48. The molecule has 0 spiro atoms. The number of hydrogen-bond acceptors (Lipinski definition) is 4. The summed E-state index contributed by atoms with van der Waals surface area (Å²) in [7, 11) is 0. The zero-order chi connectivity index (χ0) is 14.6. The van der Waals surface area contributed by atoms with Gasteiger partial charge in [-0.15, -0.1) is 11.3 Å². The smallest absolute Gasteiger partial charge is 0.239 e. The van der Waals surface area contributed by atoms with Gasteiger partial charge in [0.25, 0.3) is 0 Å². The van der Waals surface area contributed by atoms with Crippen LogP contribution in [-0.4, -0.2) is 23.0 Å². The average Bonchev–Trinajstić information content (AvgIpc) is 2.87. The van der Waals surface area contributed by atoms with E-state index in [9.17, 15) is 4.79 Å². The lowest BCUT2D eigenvalue weighted by Crippen LogP contribution is -2.49. The quantitative estimate of drug-likeness (QED) is 0.877. The number of rotatable bonds is 5. The minimum Gasteiger partial charge on any atom is -0.354 e. The Morgan fingerprint density at radius 1 is 1.45 bits per heavy atom. The van der Waals surface area contributed by atoms with Gasteiger partial charge in [0.05, 0.1) is 16.2 Å². The molecule has 2 rings (SSSR count). The molecule has 112 valence electrons. The Labute approximate surface area is 125 Å². The minimum atomic E-state index is -0.809. The van der Waals surface area contributed by atoms with Crippen molar-refractivity contribution in [2.24, 2.45) is 5.73 Å². The first-order valence-corrected chi connectivity index (χ1v) is 8.36. The highest BCUT2D eigenvalue weighted by Gasteiger charge is 2.21. The predicted octanol–water partition coefficient (Wildman–Crippen LogP) is 2.59. The summed E-state index contributed by atoms with van der Waals surface area (Å²) in [4.78, 5) is 16.4. The van der Waals surface area contributed by atoms with Crippen LogP contribution in [0.2, 0.25) is 0 Å². The summed E-state index contributed by atoms with van der Waals surface area (Å²) in [6.07, 6.45) is 7.38. The van der Waals surface area contributed by atoms with E-state index in [0.717, 1.165) is 11.4 Å². The summed E-state index contributed by atoms with van der Waals surface area (Å²) in [5.74, 6) is 0.549. The van der Waals surface area contributed by atoms with E-state index in [1.54, 1.807) is 25.2 Å². The van der Waals surface area contributed by atoms with Gasteiger partial charge in [-0.25, -0.2) is 4.98 Å². The molecule has 0 unspecified atom stereocenters. The van der Waals surface area contributed by atoms with Crippen molar-refractivity contribution in [2.45, 2.75) is 63.8 Å². The molecule has 1 amide bonds. The van der Waals surface area contributed by atoms with Crippen LogP contribution >= 0.6 is 11.3 Å². The minimum absolute atomic E-state index is 0.110. The molecular weight excluding hydrogens is 270 g/mol. The second-order valence-corrected chi connectivity index (χ2v) is 7.17. The highest BCUT2D eigenvalue weighted by Crippen LogP contribution is 2.33.